The lowest BCUT2D eigenvalue weighted by Gasteiger charge is -2.16. The van der Waals surface area contributed by atoms with E-state index in [-0.39, 0.29) is 17.2 Å². The lowest BCUT2D eigenvalue weighted by atomic mass is 10.1. The molecule has 0 radical (unpaired) electrons. The summed E-state index contributed by atoms with van der Waals surface area (Å²) in [4.78, 5) is 23.2. The number of carbonyl (C=O) groups excluding carboxylic acids is 1. The SMILES string of the molecule is O=C1CCCc2cc(S(=O)(=O)N[C@H](Cc3ccccc3)C(=O)O)ccc2N1. The van der Waals surface area contributed by atoms with E-state index in [1.54, 1.807) is 36.4 Å². The first-order valence-electron chi connectivity index (χ1n) is 8.57. The van der Waals surface area contributed by atoms with Crippen molar-refractivity contribution >= 4 is 27.6 Å². The van der Waals surface area contributed by atoms with Crippen LogP contribution in [0, 0.1) is 0 Å². The number of hydrogen-bond donors (Lipinski definition) is 3. The van der Waals surface area contributed by atoms with E-state index in [1.807, 2.05) is 0 Å². The topological polar surface area (TPSA) is 113 Å². The maximum Gasteiger partial charge on any atom is 0.322 e. The maximum atomic E-state index is 12.7. The minimum absolute atomic E-state index is 0.0169. The van der Waals surface area contributed by atoms with Crippen LogP contribution in [-0.2, 0) is 32.5 Å². The van der Waals surface area contributed by atoms with Gasteiger partial charge in [0, 0.05) is 12.1 Å². The van der Waals surface area contributed by atoms with Crippen LogP contribution >= 0.6 is 0 Å². The van der Waals surface area contributed by atoms with Crippen molar-refractivity contribution in [3.05, 3.63) is 59.7 Å². The number of anilines is 1. The van der Waals surface area contributed by atoms with Crippen molar-refractivity contribution in [1.82, 2.24) is 4.72 Å². The molecule has 1 atom stereocenters. The van der Waals surface area contributed by atoms with Gasteiger partial charge in [0.15, 0.2) is 0 Å². The van der Waals surface area contributed by atoms with Crippen LogP contribution in [0.25, 0.3) is 0 Å². The lowest BCUT2D eigenvalue weighted by Crippen LogP contribution is -2.42. The Morgan fingerprint density at radius 1 is 1.15 bits per heavy atom. The molecule has 0 spiro atoms. The first-order chi connectivity index (χ1) is 12.8. The van der Waals surface area contributed by atoms with Crippen molar-refractivity contribution in [3.63, 3.8) is 0 Å². The lowest BCUT2D eigenvalue weighted by molar-refractivity contribution is -0.138. The average Bonchev–Trinajstić information content (AvgIpc) is 2.81. The summed E-state index contributed by atoms with van der Waals surface area (Å²) in [5.41, 5.74) is 2.03. The molecule has 0 fully saturated rings. The van der Waals surface area contributed by atoms with E-state index in [9.17, 15) is 23.1 Å². The summed E-state index contributed by atoms with van der Waals surface area (Å²) < 4.78 is 27.7. The zero-order valence-corrected chi connectivity index (χ0v) is 15.3. The van der Waals surface area contributed by atoms with Crippen LogP contribution in [0.4, 0.5) is 5.69 Å². The molecule has 142 valence electrons. The summed E-state index contributed by atoms with van der Waals surface area (Å²) in [7, 11) is -4.03. The normalized spacial score (nSPS) is 15.3. The number of aliphatic carboxylic acids is 1. The maximum absolute atomic E-state index is 12.7. The van der Waals surface area contributed by atoms with Gasteiger partial charge in [-0.2, -0.15) is 4.72 Å². The Morgan fingerprint density at radius 3 is 2.59 bits per heavy atom. The molecule has 1 aliphatic rings. The van der Waals surface area contributed by atoms with E-state index in [1.165, 1.54) is 12.1 Å². The molecule has 7 nitrogen and oxygen atoms in total. The molecule has 1 aliphatic heterocycles. The second-order valence-corrected chi connectivity index (χ2v) is 8.14. The summed E-state index contributed by atoms with van der Waals surface area (Å²) in [5.74, 6) is -1.35. The zero-order chi connectivity index (χ0) is 19.4. The quantitative estimate of drug-likeness (QED) is 0.700. The Labute approximate surface area is 157 Å². The van der Waals surface area contributed by atoms with Crippen LogP contribution in [-0.4, -0.2) is 31.4 Å². The molecular weight excluding hydrogens is 368 g/mol. The summed E-state index contributed by atoms with van der Waals surface area (Å²) >= 11 is 0. The second kappa shape index (κ2) is 7.89. The average molecular weight is 388 g/mol. The van der Waals surface area contributed by atoms with Crippen LogP contribution < -0.4 is 10.0 Å². The van der Waals surface area contributed by atoms with Gasteiger partial charge in [-0.05, 0) is 48.6 Å². The third kappa shape index (κ3) is 4.72. The Bertz CT molecular complexity index is 957. The van der Waals surface area contributed by atoms with Crippen LogP contribution in [0.2, 0.25) is 0 Å². The van der Waals surface area contributed by atoms with Gasteiger partial charge in [-0.3, -0.25) is 9.59 Å². The van der Waals surface area contributed by atoms with E-state index in [0.29, 0.717) is 24.9 Å². The number of sulfonamides is 1. The Balaban J connectivity index is 1.83. The summed E-state index contributed by atoms with van der Waals surface area (Å²) in [6.07, 6.45) is 1.62. The highest BCUT2D eigenvalue weighted by molar-refractivity contribution is 7.89. The molecule has 0 aromatic heterocycles. The van der Waals surface area contributed by atoms with Gasteiger partial charge in [-0.25, -0.2) is 8.42 Å². The summed E-state index contributed by atoms with van der Waals surface area (Å²) in [6.45, 7) is 0. The summed E-state index contributed by atoms with van der Waals surface area (Å²) in [5, 5.41) is 12.2. The highest BCUT2D eigenvalue weighted by atomic mass is 32.2. The Morgan fingerprint density at radius 2 is 1.89 bits per heavy atom. The van der Waals surface area contributed by atoms with Crippen molar-refractivity contribution in [1.29, 1.82) is 0 Å². The molecule has 0 saturated carbocycles. The Kier molecular flexibility index (Phi) is 5.57. The molecule has 1 heterocycles. The van der Waals surface area contributed by atoms with Gasteiger partial charge in [-0.1, -0.05) is 30.3 Å². The molecular formula is C19H20N2O5S. The third-order valence-electron chi connectivity index (χ3n) is 4.39. The molecule has 27 heavy (non-hydrogen) atoms. The number of carboxylic acids is 1. The second-order valence-electron chi connectivity index (χ2n) is 6.42. The number of carboxylic acid groups (broad SMARTS) is 1. The number of fused-ring (bicyclic) bond motifs is 1. The highest BCUT2D eigenvalue weighted by Crippen LogP contribution is 2.25. The number of rotatable bonds is 6. The van der Waals surface area contributed by atoms with Gasteiger partial charge in [0.25, 0.3) is 0 Å². The molecule has 0 aliphatic carbocycles. The van der Waals surface area contributed by atoms with Gasteiger partial charge in [0.2, 0.25) is 15.9 Å². The van der Waals surface area contributed by atoms with Crippen molar-refractivity contribution in [2.75, 3.05) is 5.32 Å². The fourth-order valence-electron chi connectivity index (χ4n) is 3.00. The first-order valence-corrected chi connectivity index (χ1v) is 10.1. The van der Waals surface area contributed by atoms with Crippen LogP contribution in [0.15, 0.2) is 53.4 Å². The monoisotopic (exact) mass is 388 g/mol. The van der Waals surface area contributed by atoms with Gasteiger partial charge in [0.1, 0.15) is 6.04 Å². The molecule has 1 amide bonds. The predicted octanol–water partition coefficient (Wildman–Crippen LogP) is 1.94. The van der Waals surface area contributed by atoms with E-state index in [0.717, 1.165) is 11.1 Å². The minimum atomic E-state index is -4.03. The van der Waals surface area contributed by atoms with E-state index in [4.69, 9.17) is 0 Å². The summed E-state index contributed by atoms with van der Waals surface area (Å²) in [6, 6.07) is 11.9. The smallest absolute Gasteiger partial charge is 0.322 e. The number of amides is 1. The number of carbonyl (C=O) groups is 2. The van der Waals surface area contributed by atoms with E-state index >= 15 is 0 Å². The van der Waals surface area contributed by atoms with Crippen molar-refractivity contribution in [2.24, 2.45) is 0 Å². The Hall–Kier alpha value is -2.71. The highest BCUT2D eigenvalue weighted by Gasteiger charge is 2.26. The van der Waals surface area contributed by atoms with Gasteiger partial charge in [-0.15, -0.1) is 0 Å². The first kappa shape index (κ1) is 19.1. The number of nitrogens with one attached hydrogen (secondary N) is 2. The van der Waals surface area contributed by atoms with Crippen LogP contribution in [0.1, 0.15) is 24.0 Å². The van der Waals surface area contributed by atoms with E-state index < -0.39 is 22.0 Å². The van der Waals surface area contributed by atoms with Gasteiger partial charge in [0.05, 0.1) is 4.90 Å². The number of benzene rings is 2. The standard InChI is InChI=1S/C19H20N2O5S/c22-18-8-4-7-14-12-15(9-10-16(14)20-18)27(25,26)21-17(19(23)24)11-13-5-2-1-3-6-13/h1-3,5-6,9-10,12,17,21H,4,7-8,11H2,(H,20,22)(H,23,24)/t17-/m1/s1. The number of hydrogen-bond acceptors (Lipinski definition) is 4. The van der Waals surface area contributed by atoms with Crippen molar-refractivity contribution in [3.8, 4) is 0 Å². The minimum Gasteiger partial charge on any atom is -0.480 e. The van der Waals surface area contributed by atoms with Crippen LogP contribution in [0.3, 0.4) is 0 Å². The predicted molar refractivity (Wildman–Crippen MR) is 99.9 cm³/mol. The zero-order valence-electron chi connectivity index (χ0n) is 14.5. The van der Waals surface area contributed by atoms with E-state index in [2.05, 4.69) is 10.0 Å². The molecule has 2 aromatic carbocycles. The molecule has 0 bridgehead atoms. The molecule has 3 N–H and O–H groups in total. The fourth-order valence-corrected chi connectivity index (χ4v) is 4.24. The number of aryl methyl sites for hydroxylation is 1. The molecule has 3 rings (SSSR count). The van der Waals surface area contributed by atoms with Gasteiger partial charge < -0.3 is 10.4 Å². The van der Waals surface area contributed by atoms with Crippen molar-refractivity contribution < 1.29 is 23.1 Å². The molecule has 0 saturated heterocycles. The third-order valence-corrected chi connectivity index (χ3v) is 5.86. The largest absolute Gasteiger partial charge is 0.480 e. The fraction of sp³-hybridized carbons (Fsp3) is 0.263. The molecule has 0 unspecified atom stereocenters. The molecule has 8 heteroatoms. The van der Waals surface area contributed by atoms with Crippen molar-refractivity contribution in [2.45, 2.75) is 36.6 Å². The van der Waals surface area contributed by atoms with Gasteiger partial charge >= 0.3 is 5.97 Å². The molecule has 2 aromatic rings. The van der Waals surface area contributed by atoms with Crippen LogP contribution in [0.5, 0.6) is 0 Å².